The van der Waals surface area contributed by atoms with E-state index in [1.165, 1.54) is 16.2 Å². The minimum atomic E-state index is -0.896. The first kappa shape index (κ1) is 22.8. The Bertz CT molecular complexity index is 1500. The van der Waals surface area contributed by atoms with E-state index in [4.69, 9.17) is 4.42 Å². The number of aryl methyl sites for hydroxylation is 4. The van der Waals surface area contributed by atoms with Crippen molar-refractivity contribution in [1.82, 2.24) is 4.98 Å². The summed E-state index contributed by atoms with van der Waals surface area (Å²) in [4.78, 5) is 33.7. The number of carbonyl (C=O) groups is 2. The molecule has 0 saturated carbocycles. The van der Waals surface area contributed by atoms with Crippen LogP contribution >= 0.6 is 11.3 Å². The third kappa shape index (κ3) is 3.88. The number of ketones is 1. The third-order valence-electron chi connectivity index (χ3n) is 6.12. The van der Waals surface area contributed by atoms with E-state index in [-0.39, 0.29) is 5.57 Å². The summed E-state index contributed by atoms with van der Waals surface area (Å²) in [7, 11) is 0. The lowest BCUT2D eigenvalue weighted by Gasteiger charge is -2.26. The minimum Gasteiger partial charge on any atom is -0.503 e. The highest BCUT2D eigenvalue weighted by Gasteiger charge is 2.47. The Morgan fingerprint density at radius 3 is 2.43 bits per heavy atom. The highest BCUT2D eigenvalue weighted by Crippen LogP contribution is 2.44. The molecule has 0 spiro atoms. The van der Waals surface area contributed by atoms with Crippen molar-refractivity contribution in [3.8, 4) is 10.6 Å². The molecule has 1 atom stereocenters. The van der Waals surface area contributed by atoms with Gasteiger partial charge in [-0.25, -0.2) is 4.98 Å². The Labute approximate surface area is 207 Å². The summed E-state index contributed by atoms with van der Waals surface area (Å²) in [6, 6.07) is 17.9. The Hall–Kier alpha value is -3.97. The van der Waals surface area contributed by atoms with Crippen LogP contribution in [0, 0.1) is 27.7 Å². The van der Waals surface area contributed by atoms with Crippen LogP contribution in [0.4, 0.5) is 5.69 Å². The van der Waals surface area contributed by atoms with Crippen LogP contribution in [0.5, 0.6) is 0 Å². The van der Waals surface area contributed by atoms with Crippen molar-refractivity contribution >= 4 is 28.7 Å². The fourth-order valence-electron chi connectivity index (χ4n) is 4.46. The Balaban J connectivity index is 1.64. The van der Waals surface area contributed by atoms with Gasteiger partial charge in [0.15, 0.2) is 5.76 Å². The van der Waals surface area contributed by atoms with Crippen molar-refractivity contribution in [2.45, 2.75) is 33.7 Å². The second-order valence-electron chi connectivity index (χ2n) is 8.71. The quantitative estimate of drug-likeness (QED) is 0.331. The maximum atomic E-state index is 13.9. The van der Waals surface area contributed by atoms with Crippen LogP contribution < -0.4 is 4.90 Å². The standard InChI is InChI=1S/C28H24N2O4S/c1-15-10-12-20(16(2)14-15)30-23(21-13-11-17(3)34-21)22(25(32)28(30)33)24(31)26-18(4)29-27(35-26)19-8-6-5-7-9-19/h5-14,23,32H,1-4H3. The van der Waals surface area contributed by atoms with Gasteiger partial charge in [-0.05, 0) is 51.5 Å². The highest BCUT2D eigenvalue weighted by molar-refractivity contribution is 7.17. The molecule has 2 aromatic heterocycles. The van der Waals surface area contributed by atoms with Gasteiger partial charge in [0.25, 0.3) is 5.91 Å². The second-order valence-corrected chi connectivity index (χ2v) is 9.71. The molecule has 2 aromatic carbocycles. The Kier molecular flexibility index (Phi) is 5.65. The van der Waals surface area contributed by atoms with Gasteiger partial charge in [0.2, 0.25) is 5.78 Å². The van der Waals surface area contributed by atoms with Crippen LogP contribution in [-0.4, -0.2) is 21.8 Å². The van der Waals surface area contributed by atoms with E-state index >= 15 is 0 Å². The largest absolute Gasteiger partial charge is 0.503 e. The number of anilines is 1. The van der Waals surface area contributed by atoms with Gasteiger partial charge in [0.05, 0.1) is 16.1 Å². The van der Waals surface area contributed by atoms with E-state index in [1.807, 2.05) is 62.4 Å². The summed E-state index contributed by atoms with van der Waals surface area (Å²) in [5.41, 5.74) is 3.95. The van der Waals surface area contributed by atoms with Gasteiger partial charge >= 0.3 is 0 Å². The summed E-state index contributed by atoms with van der Waals surface area (Å²) in [5, 5.41) is 11.7. The van der Waals surface area contributed by atoms with Gasteiger partial charge in [0, 0.05) is 11.3 Å². The number of carbonyl (C=O) groups excluding carboxylic acids is 2. The van der Waals surface area contributed by atoms with Crippen molar-refractivity contribution in [3.63, 3.8) is 0 Å². The van der Waals surface area contributed by atoms with Crippen molar-refractivity contribution in [3.05, 3.63) is 105 Å². The number of aromatic nitrogens is 1. The van der Waals surface area contributed by atoms with E-state index in [0.717, 1.165) is 16.7 Å². The molecule has 1 aliphatic heterocycles. The monoisotopic (exact) mass is 484 g/mol. The maximum absolute atomic E-state index is 13.9. The topological polar surface area (TPSA) is 83.6 Å². The summed E-state index contributed by atoms with van der Waals surface area (Å²) >= 11 is 1.25. The number of amides is 1. The zero-order valence-corrected chi connectivity index (χ0v) is 20.6. The number of benzene rings is 2. The maximum Gasteiger partial charge on any atom is 0.294 e. The number of aliphatic hydroxyl groups excluding tert-OH is 1. The number of hydrogen-bond acceptors (Lipinski definition) is 6. The average molecular weight is 485 g/mol. The number of rotatable bonds is 5. The van der Waals surface area contributed by atoms with Gasteiger partial charge in [-0.2, -0.15) is 0 Å². The molecule has 6 nitrogen and oxygen atoms in total. The molecule has 4 aromatic rings. The summed E-state index contributed by atoms with van der Waals surface area (Å²) < 4.78 is 5.90. The normalized spacial score (nSPS) is 15.8. The van der Waals surface area contributed by atoms with Crippen LogP contribution in [0.25, 0.3) is 10.6 Å². The lowest BCUT2D eigenvalue weighted by Crippen LogP contribution is -2.31. The molecule has 1 N–H and O–H groups in total. The van der Waals surface area contributed by atoms with Crippen molar-refractivity contribution < 1.29 is 19.1 Å². The van der Waals surface area contributed by atoms with Crippen LogP contribution in [0.2, 0.25) is 0 Å². The highest BCUT2D eigenvalue weighted by atomic mass is 32.1. The number of Topliss-reactive ketones (excluding diaryl/α,β-unsaturated/α-hetero) is 1. The second kappa shape index (κ2) is 8.67. The average Bonchev–Trinajstić information content (AvgIpc) is 3.51. The predicted octanol–water partition coefficient (Wildman–Crippen LogP) is 6.42. The summed E-state index contributed by atoms with van der Waals surface area (Å²) in [5.74, 6) is -0.576. The first-order valence-electron chi connectivity index (χ1n) is 11.2. The minimum absolute atomic E-state index is 0.00399. The Morgan fingerprint density at radius 2 is 1.77 bits per heavy atom. The third-order valence-corrected chi connectivity index (χ3v) is 7.32. The molecular formula is C28H24N2O4S. The molecule has 1 amide bonds. The molecule has 0 radical (unpaired) electrons. The lowest BCUT2D eigenvalue weighted by molar-refractivity contribution is -0.117. The molecule has 1 aliphatic rings. The van der Waals surface area contributed by atoms with E-state index in [1.54, 1.807) is 26.0 Å². The lowest BCUT2D eigenvalue weighted by atomic mass is 9.98. The van der Waals surface area contributed by atoms with E-state index in [0.29, 0.717) is 32.8 Å². The molecule has 35 heavy (non-hydrogen) atoms. The molecule has 7 heteroatoms. The van der Waals surface area contributed by atoms with Gasteiger partial charge in [-0.15, -0.1) is 11.3 Å². The van der Waals surface area contributed by atoms with E-state index in [2.05, 4.69) is 4.98 Å². The molecule has 5 rings (SSSR count). The number of aliphatic hydroxyl groups is 1. The molecule has 0 bridgehead atoms. The van der Waals surface area contributed by atoms with Gasteiger partial charge in [-0.1, -0.05) is 48.0 Å². The summed E-state index contributed by atoms with van der Waals surface area (Å²) in [6.45, 7) is 7.43. The SMILES string of the molecule is Cc1ccc(N2C(=O)C(O)=C(C(=O)c3sc(-c4ccccc4)nc3C)C2c2ccc(C)o2)c(C)c1. The van der Waals surface area contributed by atoms with Gasteiger partial charge in [-0.3, -0.25) is 14.5 Å². The molecular weight excluding hydrogens is 460 g/mol. The molecule has 3 heterocycles. The summed E-state index contributed by atoms with van der Waals surface area (Å²) in [6.07, 6.45) is 0. The zero-order valence-electron chi connectivity index (χ0n) is 19.8. The van der Waals surface area contributed by atoms with Gasteiger partial charge < -0.3 is 9.52 Å². The molecule has 1 unspecified atom stereocenters. The number of thiazole rings is 1. The molecule has 176 valence electrons. The fourth-order valence-corrected chi connectivity index (χ4v) is 5.49. The van der Waals surface area contributed by atoms with Crippen LogP contribution in [0.15, 0.2) is 76.4 Å². The van der Waals surface area contributed by atoms with Crippen molar-refractivity contribution in [2.75, 3.05) is 4.90 Å². The zero-order chi connectivity index (χ0) is 24.9. The number of hydrogen-bond donors (Lipinski definition) is 1. The Morgan fingerprint density at radius 1 is 1.03 bits per heavy atom. The fraction of sp³-hybridized carbons (Fsp3) is 0.179. The van der Waals surface area contributed by atoms with E-state index in [9.17, 15) is 14.7 Å². The first-order valence-corrected chi connectivity index (χ1v) is 12.1. The van der Waals surface area contributed by atoms with Crippen LogP contribution in [0.3, 0.4) is 0 Å². The predicted molar refractivity (Wildman–Crippen MR) is 136 cm³/mol. The molecule has 0 aliphatic carbocycles. The number of nitrogens with zero attached hydrogens (tertiary/aromatic N) is 2. The number of furan rings is 1. The van der Waals surface area contributed by atoms with Crippen LogP contribution in [-0.2, 0) is 4.79 Å². The van der Waals surface area contributed by atoms with Gasteiger partial charge in [0.1, 0.15) is 22.6 Å². The molecule has 0 fully saturated rings. The smallest absolute Gasteiger partial charge is 0.294 e. The molecule has 0 saturated heterocycles. The first-order chi connectivity index (χ1) is 16.8. The van der Waals surface area contributed by atoms with E-state index < -0.39 is 23.5 Å². The van der Waals surface area contributed by atoms with Crippen LogP contribution in [0.1, 0.15) is 44.1 Å². The van der Waals surface area contributed by atoms with Crippen molar-refractivity contribution in [1.29, 1.82) is 0 Å². The van der Waals surface area contributed by atoms with Crippen molar-refractivity contribution in [2.24, 2.45) is 0 Å².